The van der Waals surface area contributed by atoms with Crippen molar-refractivity contribution in [1.29, 1.82) is 0 Å². The number of nitrogens with one attached hydrogen (secondary N) is 1. The molecule has 0 radical (unpaired) electrons. The van der Waals surface area contributed by atoms with E-state index in [9.17, 15) is 14.7 Å². The van der Waals surface area contributed by atoms with Crippen LogP contribution < -0.4 is 10.1 Å². The molecule has 0 saturated heterocycles. The van der Waals surface area contributed by atoms with E-state index in [0.717, 1.165) is 43.8 Å². The van der Waals surface area contributed by atoms with Crippen LogP contribution in [0.4, 0.5) is 5.69 Å². The SMILES string of the molecule is C[C@H]1CCCCO[C@H](CN(C)CC2CCCCC2)[C@@H](C)CN([C@@H](C)CO)C(=O)c2cc(NC(=O)Cc3ccccc3)ccc2O1. The molecule has 1 aliphatic heterocycles. The fourth-order valence-electron chi connectivity index (χ4n) is 6.64. The first-order chi connectivity index (χ1) is 21.7. The molecule has 248 valence electrons. The molecule has 1 saturated carbocycles. The molecule has 1 fully saturated rings. The average Bonchev–Trinajstić information content (AvgIpc) is 3.03. The van der Waals surface area contributed by atoms with E-state index in [1.807, 2.05) is 44.2 Å². The summed E-state index contributed by atoms with van der Waals surface area (Å²) in [4.78, 5) is 31.4. The molecule has 1 heterocycles. The lowest BCUT2D eigenvalue weighted by Gasteiger charge is -2.36. The van der Waals surface area contributed by atoms with E-state index in [1.54, 1.807) is 23.1 Å². The number of benzene rings is 2. The number of hydrogen-bond donors (Lipinski definition) is 2. The van der Waals surface area contributed by atoms with Gasteiger partial charge in [-0.2, -0.15) is 0 Å². The van der Waals surface area contributed by atoms with Gasteiger partial charge in [-0.15, -0.1) is 0 Å². The highest BCUT2D eigenvalue weighted by Crippen LogP contribution is 2.29. The van der Waals surface area contributed by atoms with Crippen LogP contribution in [-0.2, 0) is 16.0 Å². The molecule has 2 amide bonds. The minimum atomic E-state index is -0.407. The van der Waals surface area contributed by atoms with Crippen molar-refractivity contribution in [3.8, 4) is 5.75 Å². The molecule has 0 bridgehead atoms. The van der Waals surface area contributed by atoms with Gasteiger partial charge in [0.1, 0.15) is 5.75 Å². The lowest BCUT2D eigenvalue weighted by atomic mass is 9.89. The standard InChI is InChI=1S/C37H55N3O5/c1-27-23-40(28(2)26-41)37(43)33-22-32(38-36(42)21-30-14-7-5-8-15-30)18-19-34(33)45-29(3)13-11-12-20-44-35(27)25-39(4)24-31-16-9-6-10-17-31/h5,7-8,14-15,18-19,22,27-29,31,35,41H,6,9-13,16-17,20-21,23-26H2,1-4H3,(H,38,42)/t27-,28-,29-,35+/m0/s1. The molecule has 2 aromatic carbocycles. The minimum absolute atomic E-state index is 0.0387. The maximum atomic E-state index is 14.4. The topological polar surface area (TPSA) is 91.3 Å². The molecular weight excluding hydrogens is 566 g/mol. The van der Waals surface area contributed by atoms with E-state index in [-0.39, 0.29) is 43.0 Å². The number of ether oxygens (including phenoxy) is 2. The molecule has 45 heavy (non-hydrogen) atoms. The predicted molar refractivity (Wildman–Crippen MR) is 180 cm³/mol. The van der Waals surface area contributed by atoms with Crippen molar-refractivity contribution >= 4 is 17.5 Å². The van der Waals surface area contributed by atoms with Gasteiger partial charge >= 0.3 is 0 Å². The molecule has 8 heteroatoms. The first kappa shape index (κ1) is 34.9. The average molecular weight is 622 g/mol. The molecule has 4 atom stereocenters. The zero-order valence-electron chi connectivity index (χ0n) is 27.9. The van der Waals surface area contributed by atoms with E-state index in [4.69, 9.17) is 9.47 Å². The fraction of sp³-hybridized carbons (Fsp3) is 0.622. The molecule has 0 spiro atoms. The number of amides is 2. The summed E-state index contributed by atoms with van der Waals surface area (Å²) in [5.41, 5.74) is 1.84. The molecule has 0 aromatic heterocycles. The monoisotopic (exact) mass is 621 g/mol. The molecule has 8 nitrogen and oxygen atoms in total. The summed E-state index contributed by atoms with van der Waals surface area (Å²) in [6.45, 7) is 8.86. The van der Waals surface area contributed by atoms with Gasteiger partial charge in [-0.25, -0.2) is 0 Å². The van der Waals surface area contributed by atoms with Crippen molar-refractivity contribution in [2.45, 2.75) is 96.8 Å². The van der Waals surface area contributed by atoms with Gasteiger partial charge in [0.25, 0.3) is 5.91 Å². The van der Waals surface area contributed by atoms with E-state index < -0.39 is 6.04 Å². The van der Waals surface area contributed by atoms with E-state index >= 15 is 0 Å². The number of carbonyl (C=O) groups excluding carboxylic acids is 2. The maximum Gasteiger partial charge on any atom is 0.258 e. The van der Waals surface area contributed by atoms with Crippen molar-refractivity contribution < 1.29 is 24.2 Å². The number of fused-ring (bicyclic) bond motifs is 1. The Labute approximate surface area is 270 Å². The van der Waals surface area contributed by atoms with Gasteiger partial charge in [0, 0.05) is 37.8 Å². The van der Waals surface area contributed by atoms with Crippen LogP contribution in [-0.4, -0.2) is 84.9 Å². The summed E-state index contributed by atoms with van der Waals surface area (Å²) in [6.07, 6.45) is 9.45. The summed E-state index contributed by atoms with van der Waals surface area (Å²) in [5.74, 6) is 0.891. The van der Waals surface area contributed by atoms with Gasteiger partial charge in [0.2, 0.25) is 5.91 Å². The summed E-state index contributed by atoms with van der Waals surface area (Å²) in [6, 6.07) is 14.5. The fourth-order valence-corrected chi connectivity index (χ4v) is 6.64. The third-order valence-corrected chi connectivity index (χ3v) is 9.33. The lowest BCUT2D eigenvalue weighted by Crippen LogP contribution is -2.47. The Morgan fingerprint density at radius 2 is 1.76 bits per heavy atom. The van der Waals surface area contributed by atoms with Gasteiger partial charge in [-0.1, -0.05) is 56.5 Å². The van der Waals surface area contributed by atoms with Crippen LogP contribution in [0, 0.1) is 11.8 Å². The van der Waals surface area contributed by atoms with Crippen LogP contribution in [0.5, 0.6) is 5.75 Å². The highest BCUT2D eigenvalue weighted by Gasteiger charge is 2.31. The van der Waals surface area contributed by atoms with Crippen molar-refractivity contribution in [3.63, 3.8) is 0 Å². The third-order valence-electron chi connectivity index (χ3n) is 9.33. The second-order valence-electron chi connectivity index (χ2n) is 13.4. The number of nitrogens with zero attached hydrogens (tertiary/aromatic N) is 2. The molecule has 2 N–H and O–H groups in total. The molecular formula is C37H55N3O5. The van der Waals surface area contributed by atoms with E-state index in [0.29, 0.717) is 30.2 Å². The maximum absolute atomic E-state index is 14.4. The zero-order valence-corrected chi connectivity index (χ0v) is 27.9. The first-order valence-corrected chi connectivity index (χ1v) is 17.1. The Hall–Kier alpha value is -2.94. The summed E-state index contributed by atoms with van der Waals surface area (Å²) in [5, 5.41) is 13.2. The second-order valence-corrected chi connectivity index (χ2v) is 13.4. The molecule has 0 unspecified atom stereocenters. The number of likely N-dealkylation sites (N-methyl/N-ethyl adjacent to an activating group) is 1. The van der Waals surface area contributed by atoms with Gasteiger partial charge in [0.15, 0.2) is 0 Å². The summed E-state index contributed by atoms with van der Waals surface area (Å²) >= 11 is 0. The minimum Gasteiger partial charge on any atom is -0.490 e. The Morgan fingerprint density at radius 1 is 1.02 bits per heavy atom. The van der Waals surface area contributed by atoms with Crippen LogP contribution >= 0.6 is 0 Å². The quantitative estimate of drug-likeness (QED) is 0.348. The second kappa shape index (κ2) is 17.7. The van der Waals surface area contributed by atoms with Crippen LogP contribution in [0.2, 0.25) is 0 Å². The Kier molecular flexibility index (Phi) is 13.7. The van der Waals surface area contributed by atoms with Gasteiger partial charge in [0.05, 0.1) is 36.8 Å². The van der Waals surface area contributed by atoms with Crippen LogP contribution in [0.25, 0.3) is 0 Å². The Morgan fingerprint density at radius 3 is 2.49 bits per heavy atom. The normalized spacial score (nSPS) is 23.1. The highest BCUT2D eigenvalue weighted by atomic mass is 16.5. The summed E-state index contributed by atoms with van der Waals surface area (Å²) < 4.78 is 12.9. The number of carbonyl (C=O) groups is 2. The third kappa shape index (κ3) is 10.8. The summed E-state index contributed by atoms with van der Waals surface area (Å²) in [7, 11) is 2.19. The number of aliphatic hydroxyl groups excluding tert-OH is 1. The molecule has 2 aliphatic rings. The Bertz CT molecular complexity index is 1200. The van der Waals surface area contributed by atoms with E-state index in [1.165, 1.54) is 32.1 Å². The van der Waals surface area contributed by atoms with Crippen molar-refractivity contribution in [1.82, 2.24) is 9.80 Å². The van der Waals surface area contributed by atoms with Gasteiger partial charge in [-0.05, 0) is 82.7 Å². The van der Waals surface area contributed by atoms with Gasteiger partial charge < -0.3 is 29.7 Å². The van der Waals surface area contributed by atoms with Crippen LogP contribution in [0.15, 0.2) is 48.5 Å². The largest absolute Gasteiger partial charge is 0.490 e. The predicted octanol–water partition coefficient (Wildman–Crippen LogP) is 6.18. The van der Waals surface area contributed by atoms with Crippen LogP contribution in [0.3, 0.4) is 0 Å². The smallest absolute Gasteiger partial charge is 0.258 e. The lowest BCUT2D eigenvalue weighted by molar-refractivity contribution is -0.115. The first-order valence-electron chi connectivity index (χ1n) is 17.1. The van der Waals surface area contributed by atoms with Crippen molar-refractivity contribution in [2.75, 3.05) is 45.2 Å². The Balaban J connectivity index is 1.56. The highest BCUT2D eigenvalue weighted by molar-refractivity contribution is 6.00. The molecule has 2 aromatic rings. The molecule has 1 aliphatic carbocycles. The molecule has 4 rings (SSSR count). The van der Waals surface area contributed by atoms with Crippen molar-refractivity contribution in [3.05, 3.63) is 59.7 Å². The number of aliphatic hydroxyl groups is 1. The number of hydrogen-bond acceptors (Lipinski definition) is 6. The van der Waals surface area contributed by atoms with E-state index in [2.05, 4.69) is 24.2 Å². The number of anilines is 1. The number of rotatable bonds is 9. The zero-order chi connectivity index (χ0) is 32.2. The van der Waals surface area contributed by atoms with Crippen LogP contribution in [0.1, 0.15) is 88.1 Å². The van der Waals surface area contributed by atoms with Gasteiger partial charge in [-0.3, -0.25) is 9.59 Å². The van der Waals surface area contributed by atoms with Crippen molar-refractivity contribution in [2.24, 2.45) is 11.8 Å².